The normalized spacial score (nSPS) is 30.3. The second kappa shape index (κ2) is 15.3. The predicted molar refractivity (Wildman–Crippen MR) is 221 cm³/mol. The van der Waals surface area contributed by atoms with Crippen LogP contribution in [0.2, 0.25) is 0 Å². The molecule has 0 aromatic heterocycles. The van der Waals surface area contributed by atoms with Crippen molar-refractivity contribution in [1.82, 2.24) is 4.90 Å². The van der Waals surface area contributed by atoms with E-state index in [1.54, 1.807) is 0 Å². The minimum Gasteiger partial charge on any atom is -0.458 e. The van der Waals surface area contributed by atoms with Gasteiger partial charge in [0.2, 0.25) is 0 Å². The molecule has 1 atom stereocenters. The zero-order valence-corrected chi connectivity index (χ0v) is 36.5. The number of hydrogen-bond donors (Lipinski definition) is 0. The average Bonchev–Trinajstić information content (AvgIpc) is 3.69. The molecular formula is C46H59Br2NO6. The van der Waals surface area contributed by atoms with Crippen LogP contribution in [0.5, 0.6) is 0 Å². The monoisotopic (exact) mass is 879 g/mol. The number of Topliss-reactive ketones (excluding diaryl/α,β-unsaturated/α-hetero) is 2. The van der Waals surface area contributed by atoms with Gasteiger partial charge in [-0.1, -0.05) is 56.1 Å². The number of amides is 1. The van der Waals surface area contributed by atoms with Gasteiger partial charge in [0, 0.05) is 39.2 Å². The number of rotatable bonds is 13. The number of benzene rings is 2. The Kier molecular flexibility index (Phi) is 11.3. The number of fused-ring (bicyclic) bond motifs is 6. The Morgan fingerprint density at radius 1 is 0.618 bits per heavy atom. The molecule has 1 saturated heterocycles. The highest BCUT2D eigenvalue weighted by molar-refractivity contribution is 9.10. The number of carbonyl (C=O) groups is 4. The molecule has 1 unspecified atom stereocenters. The molecule has 55 heavy (non-hydrogen) atoms. The van der Waals surface area contributed by atoms with Crippen molar-refractivity contribution in [2.45, 2.75) is 171 Å². The first-order chi connectivity index (χ1) is 26.0. The molecule has 7 nitrogen and oxygen atoms in total. The summed E-state index contributed by atoms with van der Waals surface area (Å²) >= 11 is 7.11. The first kappa shape index (κ1) is 40.7. The maximum atomic E-state index is 13.8. The van der Waals surface area contributed by atoms with Crippen molar-refractivity contribution >= 4 is 55.5 Å². The number of ketones is 2. The summed E-state index contributed by atoms with van der Waals surface area (Å²) in [4.78, 5) is 56.2. The van der Waals surface area contributed by atoms with Crippen LogP contribution in [0.3, 0.4) is 0 Å². The van der Waals surface area contributed by atoms with Gasteiger partial charge in [-0.05, 0) is 177 Å². The number of esters is 1. The summed E-state index contributed by atoms with van der Waals surface area (Å²) in [6, 6.07) is 16.7. The molecular weight excluding hydrogens is 822 g/mol. The highest BCUT2D eigenvalue weighted by Gasteiger charge is 2.54. The van der Waals surface area contributed by atoms with E-state index in [1.165, 1.54) is 16.0 Å². The lowest BCUT2D eigenvalue weighted by atomic mass is 9.50. The van der Waals surface area contributed by atoms with Gasteiger partial charge in [-0.2, -0.15) is 0 Å². The SMILES string of the molecule is CC(C)(CCC(=O)C12CCC(c3ccc(Br)cc3)(CC1)CC2)OC(=O)C1CCCN1C(=O)OC(C)(C)CCC(=O)C12CCC(c3ccc(Br)cc3)(CC1)CC2. The fourth-order valence-corrected chi connectivity index (χ4v) is 11.5. The Hall–Kier alpha value is -2.52. The molecule has 0 N–H and O–H groups in total. The van der Waals surface area contributed by atoms with Gasteiger partial charge in [0.05, 0.1) is 0 Å². The van der Waals surface area contributed by atoms with Crippen molar-refractivity contribution in [2.24, 2.45) is 10.8 Å². The quantitative estimate of drug-likeness (QED) is 0.186. The first-order valence-corrected chi connectivity index (χ1v) is 22.4. The minimum atomic E-state index is -0.861. The third-order valence-corrected chi connectivity index (χ3v) is 16.1. The van der Waals surface area contributed by atoms with E-state index < -0.39 is 29.3 Å². The van der Waals surface area contributed by atoms with Gasteiger partial charge in [0.15, 0.2) is 0 Å². The number of ether oxygens (including phenoxy) is 2. The fraction of sp³-hybridized carbons (Fsp3) is 0.652. The number of likely N-dealkylation sites (tertiary alicyclic amines) is 1. The third kappa shape index (κ3) is 8.27. The molecule has 9 heteroatoms. The molecule has 2 aromatic carbocycles. The summed E-state index contributed by atoms with van der Waals surface area (Å²) in [6.45, 7) is 7.87. The van der Waals surface area contributed by atoms with Gasteiger partial charge in [-0.3, -0.25) is 14.5 Å². The third-order valence-electron chi connectivity index (χ3n) is 15.0. The van der Waals surface area contributed by atoms with Crippen LogP contribution < -0.4 is 0 Å². The Bertz CT molecular complexity index is 1600. The second-order valence-corrected chi connectivity index (χ2v) is 21.0. The zero-order valence-electron chi connectivity index (χ0n) is 33.3. The summed E-state index contributed by atoms with van der Waals surface area (Å²) < 4.78 is 14.2. The Balaban J connectivity index is 0.867. The summed E-state index contributed by atoms with van der Waals surface area (Å²) in [7, 11) is 0. The zero-order chi connectivity index (χ0) is 39.3. The topological polar surface area (TPSA) is 90.0 Å². The van der Waals surface area contributed by atoms with Crippen molar-refractivity contribution < 1.29 is 28.7 Å². The fourth-order valence-electron chi connectivity index (χ4n) is 11.0. The highest BCUT2D eigenvalue weighted by atomic mass is 79.9. The Morgan fingerprint density at radius 3 is 1.40 bits per heavy atom. The number of nitrogens with zero attached hydrogens (tertiary/aromatic N) is 1. The molecule has 0 spiro atoms. The summed E-state index contributed by atoms with van der Waals surface area (Å²) in [5.74, 6) is 0.151. The largest absolute Gasteiger partial charge is 0.458 e. The van der Waals surface area contributed by atoms with Crippen molar-refractivity contribution in [2.75, 3.05) is 6.54 Å². The first-order valence-electron chi connectivity index (χ1n) is 20.8. The Labute approximate surface area is 344 Å². The maximum absolute atomic E-state index is 13.8. The van der Waals surface area contributed by atoms with Crippen molar-refractivity contribution in [3.63, 3.8) is 0 Å². The lowest BCUT2D eigenvalue weighted by molar-refractivity contribution is -0.163. The van der Waals surface area contributed by atoms with Gasteiger partial charge in [-0.25, -0.2) is 9.59 Å². The van der Waals surface area contributed by atoms with Crippen molar-refractivity contribution in [1.29, 1.82) is 0 Å². The van der Waals surface area contributed by atoms with E-state index in [2.05, 4.69) is 80.4 Å². The maximum Gasteiger partial charge on any atom is 0.411 e. The van der Waals surface area contributed by atoms with E-state index in [0.717, 1.165) is 86.0 Å². The van der Waals surface area contributed by atoms with Crippen molar-refractivity contribution in [3.05, 3.63) is 68.6 Å². The van der Waals surface area contributed by atoms with E-state index in [0.29, 0.717) is 56.6 Å². The summed E-state index contributed by atoms with van der Waals surface area (Å²) in [6.07, 6.45) is 14.0. The summed E-state index contributed by atoms with van der Waals surface area (Å²) in [5.41, 5.74) is 0.897. The number of hydrogen-bond acceptors (Lipinski definition) is 6. The molecule has 2 aromatic rings. The molecule has 6 aliphatic carbocycles. The molecule has 1 amide bonds. The van der Waals surface area contributed by atoms with E-state index in [4.69, 9.17) is 9.47 Å². The molecule has 7 fully saturated rings. The number of halogens is 2. The lowest BCUT2D eigenvalue weighted by Gasteiger charge is -2.53. The minimum absolute atomic E-state index is 0.178. The van der Waals surface area contributed by atoms with Crippen LogP contribution in [0, 0.1) is 10.8 Å². The van der Waals surface area contributed by atoms with Gasteiger partial charge in [-0.15, -0.1) is 0 Å². The molecule has 9 rings (SSSR count). The summed E-state index contributed by atoms with van der Waals surface area (Å²) in [5, 5.41) is 0. The molecule has 298 valence electrons. The molecule has 1 aliphatic heterocycles. The van der Waals surface area contributed by atoms with Crippen LogP contribution in [-0.4, -0.2) is 52.3 Å². The number of carbonyl (C=O) groups excluding carboxylic acids is 4. The van der Waals surface area contributed by atoms with E-state index >= 15 is 0 Å². The van der Waals surface area contributed by atoms with E-state index in [9.17, 15) is 19.2 Å². The molecule has 0 radical (unpaired) electrons. The van der Waals surface area contributed by atoms with E-state index in [-0.39, 0.29) is 21.7 Å². The van der Waals surface area contributed by atoms with Crippen molar-refractivity contribution in [3.8, 4) is 0 Å². The van der Waals surface area contributed by atoms with E-state index in [1.807, 2.05) is 27.7 Å². The second-order valence-electron chi connectivity index (χ2n) is 19.1. The molecule has 7 aliphatic rings. The molecule has 4 bridgehead atoms. The van der Waals surface area contributed by atoms with Gasteiger partial charge < -0.3 is 9.47 Å². The van der Waals surface area contributed by atoms with Crippen LogP contribution in [0.15, 0.2) is 57.5 Å². The standard InChI is InChI=1S/C46H59Br2NO6/c1-41(2,17-15-37(50)45-25-19-43(20-26-45,21-27-45)32-7-11-34(47)12-8-32)54-39(52)36-6-5-31-49(36)40(53)55-42(3,4)18-16-38(51)46-28-22-44(23-29-46,24-30-46)33-9-13-35(48)14-10-33/h7-14,36H,5-6,15-31H2,1-4H3. The van der Waals surface area contributed by atoms with Gasteiger partial charge >= 0.3 is 12.1 Å². The smallest absolute Gasteiger partial charge is 0.411 e. The Morgan fingerprint density at radius 2 is 1.00 bits per heavy atom. The van der Waals surface area contributed by atoms with Gasteiger partial charge in [0.25, 0.3) is 0 Å². The van der Waals surface area contributed by atoms with Crippen LogP contribution in [-0.2, 0) is 34.7 Å². The molecule has 1 heterocycles. The van der Waals surface area contributed by atoms with Crippen LogP contribution >= 0.6 is 31.9 Å². The van der Waals surface area contributed by atoms with Gasteiger partial charge in [0.1, 0.15) is 28.8 Å². The van der Waals surface area contributed by atoms with Crippen LogP contribution in [0.4, 0.5) is 4.79 Å². The van der Waals surface area contributed by atoms with Crippen LogP contribution in [0.25, 0.3) is 0 Å². The lowest BCUT2D eigenvalue weighted by Crippen LogP contribution is -2.49. The predicted octanol–water partition coefficient (Wildman–Crippen LogP) is 11.5. The average molecular weight is 882 g/mol. The molecule has 6 saturated carbocycles. The highest BCUT2D eigenvalue weighted by Crippen LogP contribution is 2.60. The van der Waals surface area contributed by atoms with Crippen LogP contribution in [0.1, 0.15) is 154 Å².